The third-order valence-electron chi connectivity index (χ3n) is 3.97. The van der Waals surface area contributed by atoms with Crippen LogP contribution >= 0.6 is 11.3 Å². The molecule has 21 heavy (non-hydrogen) atoms. The topological polar surface area (TPSA) is 56.0 Å². The van der Waals surface area contributed by atoms with Gasteiger partial charge in [-0.15, -0.1) is 11.3 Å². The molecule has 0 atom stereocenters. The summed E-state index contributed by atoms with van der Waals surface area (Å²) in [5.41, 5.74) is 1.25. The molecule has 2 N–H and O–H groups in total. The van der Waals surface area contributed by atoms with Gasteiger partial charge in [0.1, 0.15) is 0 Å². The molecule has 0 unspecified atom stereocenters. The van der Waals surface area contributed by atoms with Gasteiger partial charge in [0.05, 0.1) is 12.3 Å². The molecule has 0 aliphatic carbocycles. The molecule has 1 fully saturated rings. The summed E-state index contributed by atoms with van der Waals surface area (Å²) in [4.78, 5) is 10.6. The van der Waals surface area contributed by atoms with Crippen molar-refractivity contribution in [3.63, 3.8) is 0 Å². The maximum Gasteiger partial charge on any atom is 0.195 e. The lowest BCUT2D eigenvalue weighted by Gasteiger charge is -2.35. The van der Waals surface area contributed by atoms with E-state index >= 15 is 0 Å². The van der Waals surface area contributed by atoms with E-state index in [2.05, 4.69) is 38.0 Å². The summed E-state index contributed by atoms with van der Waals surface area (Å²) in [6.45, 7) is 8.88. The minimum absolute atomic E-state index is 0.242. The van der Waals surface area contributed by atoms with Crippen LogP contribution in [0.4, 0.5) is 5.82 Å². The Bertz CT molecular complexity index is 573. The molecule has 3 rings (SSSR count). The Morgan fingerprint density at radius 1 is 1.33 bits per heavy atom. The monoisotopic (exact) mass is 309 g/mol. The number of thiazole rings is 1. The SMILES string of the molecule is CCNCc1c(N2CCN(CCO)CC2)nc2sccn12. The van der Waals surface area contributed by atoms with Gasteiger partial charge in [0.2, 0.25) is 0 Å². The van der Waals surface area contributed by atoms with E-state index in [-0.39, 0.29) is 6.61 Å². The van der Waals surface area contributed by atoms with Crippen LogP contribution in [0.15, 0.2) is 11.6 Å². The van der Waals surface area contributed by atoms with E-state index in [1.807, 2.05) is 0 Å². The largest absolute Gasteiger partial charge is 0.395 e. The molecule has 1 aliphatic rings. The zero-order valence-corrected chi connectivity index (χ0v) is 13.3. The van der Waals surface area contributed by atoms with Crippen LogP contribution in [0.5, 0.6) is 0 Å². The second kappa shape index (κ2) is 6.74. The van der Waals surface area contributed by atoms with Crippen LogP contribution in [-0.2, 0) is 6.54 Å². The van der Waals surface area contributed by atoms with Crippen molar-refractivity contribution in [3.8, 4) is 0 Å². The van der Waals surface area contributed by atoms with Crippen molar-refractivity contribution < 1.29 is 5.11 Å². The van der Waals surface area contributed by atoms with E-state index in [0.717, 1.165) is 56.6 Å². The Balaban J connectivity index is 1.78. The minimum Gasteiger partial charge on any atom is -0.395 e. The summed E-state index contributed by atoms with van der Waals surface area (Å²) < 4.78 is 2.20. The number of aromatic nitrogens is 2. The predicted molar refractivity (Wildman–Crippen MR) is 86.2 cm³/mol. The van der Waals surface area contributed by atoms with Gasteiger partial charge in [-0.3, -0.25) is 9.30 Å². The third-order valence-corrected chi connectivity index (χ3v) is 4.73. The van der Waals surface area contributed by atoms with Crippen LogP contribution in [0.2, 0.25) is 0 Å². The number of β-amino-alcohol motifs (C(OH)–C–C–N with tert-alkyl or cyclic N) is 1. The highest BCUT2D eigenvalue weighted by atomic mass is 32.1. The molecule has 2 aromatic heterocycles. The molecule has 3 heterocycles. The number of piperazine rings is 1. The third kappa shape index (κ3) is 3.06. The fraction of sp³-hybridized carbons (Fsp3) is 0.643. The van der Waals surface area contributed by atoms with Crippen molar-refractivity contribution in [2.75, 3.05) is 50.8 Å². The number of hydrogen-bond acceptors (Lipinski definition) is 6. The first-order chi connectivity index (χ1) is 10.3. The number of rotatable bonds is 6. The summed E-state index contributed by atoms with van der Waals surface area (Å²) in [5, 5.41) is 14.5. The maximum absolute atomic E-state index is 9.03. The lowest BCUT2D eigenvalue weighted by atomic mass is 10.3. The normalized spacial score (nSPS) is 17.0. The highest BCUT2D eigenvalue weighted by molar-refractivity contribution is 7.15. The van der Waals surface area contributed by atoms with Crippen molar-refractivity contribution in [3.05, 3.63) is 17.3 Å². The molecular weight excluding hydrogens is 286 g/mol. The van der Waals surface area contributed by atoms with E-state index in [1.54, 1.807) is 11.3 Å². The predicted octanol–water partition coefficient (Wildman–Crippen LogP) is 0.620. The van der Waals surface area contributed by atoms with Gasteiger partial charge in [-0.05, 0) is 6.54 Å². The van der Waals surface area contributed by atoms with Crippen molar-refractivity contribution in [1.82, 2.24) is 19.6 Å². The quantitative estimate of drug-likeness (QED) is 0.819. The van der Waals surface area contributed by atoms with E-state index in [9.17, 15) is 0 Å². The van der Waals surface area contributed by atoms with Crippen LogP contribution in [0.1, 0.15) is 12.6 Å². The van der Waals surface area contributed by atoms with E-state index in [1.165, 1.54) is 5.69 Å². The zero-order chi connectivity index (χ0) is 14.7. The lowest BCUT2D eigenvalue weighted by Crippen LogP contribution is -2.47. The number of aliphatic hydroxyl groups excluding tert-OH is 1. The number of hydrogen-bond donors (Lipinski definition) is 2. The lowest BCUT2D eigenvalue weighted by molar-refractivity contribution is 0.188. The van der Waals surface area contributed by atoms with Crippen molar-refractivity contribution in [2.45, 2.75) is 13.5 Å². The summed E-state index contributed by atoms with van der Waals surface area (Å²) in [6.07, 6.45) is 2.10. The molecule has 0 bridgehead atoms. The van der Waals surface area contributed by atoms with Gasteiger partial charge in [-0.25, -0.2) is 4.98 Å². The number of imidazole rings is 1. The minimum atomic E-state index is 0.242. The summed E-state index contributed by atoms with van der Waals surface area (Å²) in [7, 11) is 0. The smallest absolute Gasteiger partial charge is 0.195 e. The van der Waals surface area contributed by atoms with Gasteiger partial charge in [-0.1, -0.05) is 6.92 Å². The summed E-state index contributed by atoms with van der Waals surface area (Å²) in [6, 6.07) is 0. The van der Waals surface area contributed by atoms with E-state index in [4.69, 9.17) is 10.1 Å². The molecule has 6 nitrogen and oxygen atoms in total. The van der Waals surface area contributed by atoms with Crippen LogP contribution in [0.3, 0.4) is 0 Å². The number of fused-ring (bicyclic) bond motifs is 1. The number of nitrogens with zero attached hydrogens (tertiary/aromatic N) is 4. The van der Waals surface area contributed by atoms with Crippen molar-refractivity contribution in [1.29, 1.82) is 0 Å². The van der Waals surface area contributed by atoms with Crippen LogP contribution in [0.25, 0.3) is 4.96 Å². The maximum atomic E-state index is 9.03. The average Bonchev–Trinajstić information content (AvgIpc) is 3.07. The van der Waals surface area contributed by atoms with Gasteiger partial charge < -0.3 is 15.3 Å². The second-order valence-corrected chi connectivity index (χ2v) is 6.14. The molecular formula is C14H23N5OS. The van der Waals surface area contributed by atoms with Crippen LogP contribution in [-0.4, -0.2) is 65.3 Å². The molecule has 1 aliphatic heterocycles. The highest BCUT2D eigenvalue weighted by Crippen LogP contribution is 2.25. The van der Waals surface area contributed by atoms with Crippen molar-refractivity contribution in [2.24, 2.45) is 0 Å². The van der Waals surface area contributed by atoms with Gasteiger partial charge in [0.25, 0.3) is 0 Å². The Labute approximate surface area is 129 Å². The number of nitrogens with one attached hydrogen (secondary N) is 1. The number of anilines is 1. The molecule has 116 valence electrons. The molecule has 1 saturated heterocycles. The molecule has 0 amide bonds. The van der Waals surface area contributed by atoms with E-state index < -0.39 is 0 Å². The van der Waals surface area contributed by atoms with Crippen LogP contribution < -0.4 is 10.2 Å². The Hall–Kier alpha value is -1.15. The molecule has 2 aromatic rings. The molecule has 0 saturated carbocycles. The fourth-order valence-corrected chi connectivity index (χ4v) is 3.53. The van der Waals surface area contributed by atoms with Gasteiger partial charge in [-0.2, -0.15) is 0 Å². The first kappa shape index (κ1) is 14.8. The first-order valence-corrected chi connectivity index (χ1v) is 8.44. The van der Waals surface area contributed by atoms with Gasteiger partial charge in [0.15, 0.2) is 10.8 Å². The first-order valence-electron chi connectivity index (χ1n) is 7.56. The highest BCUT2D eigenvalue weighted by Gasteiger charge is 2.22. The number of aliphatic hydroxyl groups is 1. The Morgan fingerprint density at radius 2 is 2.14 bits per heavy atom. The standard InChI is InChI=1S/C14H23N5OS/c1-2-15-11-12-13(16-14-19(12)8-10-21-14)18-5-3-17(4-6-18)7-9-20/h8,10,15,20H,2-7,9,11H2,1H3. The Morgan fingerprint density at radius 3 is 2.86 bits per heavy atom. The molecule has 0 radical (unpaired) electrons. The van der Waals surface area contributed by atoms with Crippen molar-refractivity contribution >= 4 is 22.1 Å². The van der Waals surface area contributed by atoms with Crippen LogP contribution in [0, 0.1) is 0 Å². The fourth-order valence-electron chi connectivity index (χ4n) is 2.81. The summed E-state index contributed by atoms with van der Waals surface area (Å²) >= 11 is 1.68. The van der Waals surface area contributed by atoms with Gasteiger partial charge in [0, 0.05) is 50.8 Å². The summed E-state index contributed by atoms with van der Waals surface area (Å²) in [5.74, 6) is 1.12. The second-order valence-electron chi connectivity index (χ2n) is 5.27. The molecule has 0 spiro atoms. The van der Waals surface area contributed by atoms with Gasteiger partial charge >= 0.3 is 0 Å². The average molecular weight is 309 g/mol. The Kier molecular flexibility index (Phi) is 4.74. The molecule has 0 aromatic carbocycles. The van der Waals surface area contributed by atoms with E-state index in [0.29, 0.717) is 0 Å². The zero-order valence-electron chi connectivity index (χ0n) is 12.5. The molecule has 7 heteroatoms.